The molecular formula is C13H10BrF2N3. The lowest BCUT2D eigenvalue weighted by Crippen LogP contribution is -2.38. The molecule has 0 amide bonds. The van der Waals surface area contributed by atoms with Crippen LogP contribution in [0.15, 0.2) is 57.9 Å². The van der Waals surface area contributed by atoms with E-state index >= 15 is 0 Å². The van der Waals surface area contributed by atoms with Gasteiger partial charge in [0, 0.05) is 15.8 Å². The Morgan fingerprint density at radius 1 is 1.37 bits per heavy atom. The van der Waals surface area contributed by atoms with Crippen LogP contribution < -0.4 is 0 Å². The first-order chi connectivity index (χ1) is 9.05. The van der Waals surface area contributed by atoms with E-state index in [0.717, 1.165) is 10.5 Å². The van der Waals surface area contributed by atoms with Crippen molar-refractivity contribution in [2.45, 2.75) is 18.1 Å². The zero-order valence-electron chi connectivity index (χ0n) is 9.80. The van der Waals surface area contributed by atoms with Crippen LogP contribution in [0.2, 0.25) is 0 Å². The monoisotopic (exact) mass is 325 g/mol. The number of rotatable bonds is 3. The first kappa shape index (κ1) is 13.8. The molecule has 0 aliphatic heterocycles. The van der Waals surface area contributed by atoms with Crippen molar-refractivity contribution >= 4 is 15.9 Å². The molecule has 0 aromatic heterocycles. The van der Waals surface area contributed by atoms with Crippen molar-refractivity contribution < 1.29 is 8.78 Å². The van der Waals surface area contributed by atoms with Crippen molar-refractivity contribution in [3.63, 3.8) is 0 Å². The van der Waals surface area contributed by atoms with Crippen LogP contribution in [0.5, 0.6) is 0 Å². The molecule has 1 aliphatic carbocycles. The highest BCUT2D eigenvalue weighted by molar-refractivity contribution is 9.10. The topological polar surface area (TPSA) is 48.8 Å². The summed E-state index contributed by atoms with van der Waals surface area (Å²) in [4.78, 5) is 2.52. The minimum absolute atomic E-state index is 0.0538. The molecule has 0 saturated carbocycles. The maximum absolute atomic E-state index is 14.8. The van der Waals surface area contributed by atoms with Gasteiger partial charge in [-0.2, -0.15) is 0 Å². The average molecular weight is 326 g/mol. The molecular weight excluding hydrogens is 316 g/mol. The van der Waals surface area contributed by atoms with Crippen molar-refractivity contribution in [1.29, 1.82) is 0 Å². The molecule has 0 radical (unpaired) electrons. The maximum atomic E-state index is 14.8. The van der Waals surface area contributed by atoms with Gasteiger partial charge < -0.3 is 0 Å². The number of allylic oxidation sites excluding steroid dienone is 2. The van der Waals surface area contributed by atoms with Gasteiger partial charge in [-0.25, -0.2) is 8.78 Å². The van der Waals surface area contributed by atoms with Gasteiger partial charge in [0.15, 0.2) is 0 Å². The Morgan fingerprint density at radius 3 is 2.68 bits per heavy atom. The highest BCUT2D eigenvalue weighted by atomic mass is 79.9. The second-order valence-corrected chi connectivity index (χ2v) is 5.16. The van der Waals surface area contributed by atoms with E-state index in [1.165, 1.54) is 12.2 Å². The van der Waals surface area contributed by atoms with Gasteiger partial charge in [-0.1, -0.05) is 39.3 Å². The fourth-order valence-corrected chi connectivity index (χ4v) is 2.25. The molecule has 0 fully saturated rings. The van der Waals surface area contributed by atoms with Gasteiger partial charge in [-0.05, 0) is 35.4 Å². The van der Waals surface area contributed by atoms with E-state index in [9.17, 15) is 8.78 Å². The first-order valence-corrected chi connectivity index (χ1v) is 6.37. The smallest absolute Gasteiger partial charge is 0.148 e. The number of halogens is 3. The molecule has 0 spiro atoms. The van der Waals surface area contributed by atoms with Gasteiger partial charge in [0.25, 0.3) is 0 Å². The van der Waals surface area contributed by atoms with E-state index in [0.29, 0.717) is 5.56 Å². The van der Waals surface area contributed by atoms with Crippen LogP contribution in [0.3, 0.4) is 0 Å². The molecule has 1 aliphatic rings. The van der Waals surface area contributed by atoms with Gasteiger partial charge in [0.05, 0.1) is 0 Å². The number of hydrogen-bond donors (Lipinski definition) is 0. The Morgan fingerprint density at radius 2 is 2.05 bits per heavy atom. The fraction of sp³-hybridized carbons (Fsp3) is 0.231. The van der Waals surface area contributed by atoms with Gasteiger partial charge in [0.2, 0.25) is 0 Å². The number of nitrogens with zero attached hydrogens (tertiary/aromatic N) is 3. The van der Waals surface area contributed by atoms with Crippen LogP contribution in [0.25, 0.3) is 10.4 Å². The van der Waals surface area contributed by atoms with E-state index in [2.05, 4.69) is 26.0 Å². The number of hydrogen-bond acceptors (Lipinski definition) is 1. The van der Waals surface area contributed by atoms with E-state index < -0.39 is 17.5 Å². The maximum Gasteiger partial charge on any atom is 0.148 e. The Kier molecular flexibility index (Phi) is 4.02. The van der Waals surface area contributed by atoms with E-state index in [4.69, 9.17) is 5.53 Å². The van der Waals surface area contributed by atoms with Crippen LogP contribution in [0, 0.1) is 0 Å². The highest BCUT2D eigenvalue weighted by Crippen LogP contribution is 2.34. The van der Waals surface area contributed by atoms with Gasteiger partial charge >= 0.3 is 0 Å². The van der Waals surface area contributed by atoms with Crippen LogP contribution >= 0.6 is 15.9 Å². The molecule has 3 nitrogen and oxygen atoms in total. The van der Waals surface area contributed by atoms with Crippen LogP contribution in [-0.4, -0.2) is 11.7 Å². The lowest BCUT2D eigenvalue weighted by atomic mass is 9.85. The fourth-order valence-electron chi connectivity index (χ4n) is 1.99. The molecule has 2 rings (SSSR count). The van der Waals surface area contributed by atoms with Crippen LogP contribution in [-0.2, 0) is 6.42 Å². The molecule has 0 N–H and O–H groups in total. The zero-order chi connectivity index (χ0) is 13.9. The summed E-state index contributed by atoms with van der Waals surface area (Å²) in [6.45, 7) is 0. The molecule has 0 bridgehead atoms. The van der Waals surface area contributed by atoms with Gasteiger partial charge in [-0.3, -0.25) is 0 Å². The third kappa shape index (κ3) is 3.03. The van der Waals surface area contributed by atoms with E-state index in [1.54, 1.807) is 24.3 Å². The number of benzene rings is 1. The number of alkyl halides is 1. The summed E-state index contributed by atoms with van der Waals surface area (Å²) in [5, 5.41) is 3.23. The summed E-state index contributed by atoms with van der Waals surface area (Å²) in [5.41, 5.74) is 7.09. The van der Waals surface area contributed by atoms with Crippen molar-refractivity contribution in [3.8, 4) is 0 Å². The van der Waals surface area contributed by atoms with E-state index in [-0.39, 0.29) is 6.42 Å². The summed E-state index contributed by atoms with van der Waals surface area (Å²) in [6.07, 6.45) is 3.59. The summed E-state index contributed by atoms with van der Waals surface area (Å²) >= 11 is 3.29. The standard InChI is InChI=1S/C13H10BrF2N3/c14-10-5-3-9(4-6-10)8-13(16)7-1-2-11(15)12(13)18-19-17/h1-7,12H,8H2/t12-,13+/m0/s1. The second-order valence-electron chi connectivity index (χ2n) is 4.25. The van der Waals surface area contributed by atoms with Crippen LogP contribution in [0.4, 0.5) is 8.78 Å². The molecule has 1 aromatic carbocycles. The third-order valence-corrected chi connectivity index (χ3v) is 3.43. The molecule has 2 atom stereocenters. The lowest BCUT2D eigenvalue weighted by molar-refractivity contribution is 0.184. The average Bonchev–Trinajstić information content (AvgIpc) is 2.37. The SMILES string of the molecule is [N-]=[N+]=N[C@H]1C(F)=CC=C[C@@]1(F)Cc1ccc(Br)cc1. The molecule has 0 saturated heterocycles. The minimum Gasteiger partial charge on any atom is -0.238 e. The molecule has 1 aromatic rings. The molecule has 0 unspecified atom stereocenters. The molecule has 6 heteroatoms. The Balaban J connectivity index is 2.30. The Labute approximate surface area is 117 Å². The van der Waals surface area contributed by atoms with Crippen molar-refractivity contribution in [2.75, 3.05) is 0 Å². The van der Waals surface area contributed by atoms with Crippen molar-refractivity contribution in [3.05, 3.63) is 68.8 Å². The molecule has 0 heterocycles. The van der Waals surface area contributed by atoms with Gasteiger partial charge in [-0.15, -0.1) is 0 Å². The largest absolute Gasteiger partial charge is 0.238 e. The number of azide groups is 1. The first-order valence-electron chi connectivity index (χ1n) is 5.57. The van der Waals surface area contributed by atoms with Gasteiger partial charge in [0.1, 0.15) is 17.5 Å². The van der Waals surface area contributed by atoms with Crippen LogP contribution in [0.1, 0.15) is 5.56 Å². The second kappa shape index (κ2) is 5.55. The predicted molar refractivity (Wildman–Crippen MR) is 73.0 cm³/mol. The minimum atomic E-state index is -2.04. The quantitative estimate of drug-likeness (QED) is 0.435. The summed E-state index contributed by atoms with van der Waals surface area (Å²) in [5.74, 6) is -0.764. The third-order valence-electron chi connectivity index (χ3n) is 2.90. The summed E-state index contributed by atoms with van der Waals surface area (Å²) in [6, 6.07) is 5.58. The summed E-state index contributed by atoms with van der Waals surface area (Å²) < 4.78 is 29.3. The molecule has 19 heavy (non-hydrogen) atoms. The summed E-state index contributed by atoms with van der Waals surface area (Å²) in [7, 11) is 0. The highest BCUT2D eigenvalue weighted by Gasteiger charge is 2.40. The Hall–Kier alpha value is -1.65. The van der Waals surface area contributed by atoms with E-state index in [1.807, 2.05) is 0 Å². The zero-order valence-corrected chi connectivity index (χ0v) is 11.4. The van der Waals surface area contributed by atoms with Crippen molar-refractivity contribution in [1.82, 2.24) is 0 Å². The predicted octanol–water partition coefficient (Wildman–Crippen LogP) is 4.80. The molecule has 98 valence electrons. The Bertz CT molecular complexity index is 576. The normalized spacial score (nSPS) is 25.6. The van der Waals surface area contributed by atoms with Crippen molar-refractivity contribution in [2.24, 2.45) is 5.11 Å². The lowest BCUT2D eigenvalue weighted by Gasteiger charge is -2.29.